The molecule has 4 heteroatoms. The van der Waals surface area contributed by atoms with Crippen LogP contribution in [0.4, 0.5) is 0 Å². The molecule has 1 atom stereocenters. The molecule has 0 saturated heterocycles. The summed E-state index contributed by atoms with van der Waals surface area (Å²) < 4.78 is 5.51. The molecule has 2 aromatic rings. The van der Waals surface area contributed by atoms with E-state index in [9.17, 15) is 5.11 Å². The van der Waals surface area contributed by atoms with Crippen LogP contribution in [0.5, 0.6) is 5.75 Å². The molecule has 1 N–H and O–H groups in total. The van der Waals surface area contributed by atoms with Gasteiger partial charge in [-0.1, -0.05) is 53.5 Å². The van der Waals surface area contributed by atoms with Crippen LogP contribution in [0.2, 0.25) is 10.0 Å². The zero-order chi connectivity index (χ0) is 13.8. The van der Waals surface area contributed by atoms with Crippen molar-refractivity contribution in [1.82, 2.24) is 0 Å². The Morgan fingerprint density at radius 2 is 1.74 bits per heavy atom. The Kier molecular flexibility index (Phi) is 4.70. The number of halogens is 2. The number of aliphatic hydroxyl groups is 1. The summed E-state index contributed by atoms with van der Waals surface area (Å²) >= 11 is 12.1. The lowest BCUT2D eigenvalue weighted by atomic mass is 10.0. The molecule has 100 valence electrons. The lowest BCUT2D eigenvalue weighted by molar-refractivity contribution is 0.212. The van der Waals surface area contributed by atoms with Crippen LogP contribution in [0.15, 0.2) is 42.5 Å². The van der Waals surface area contributed by atoms with Crippen LogP contribution >= 0.6 is 23.2 Å². The molecular formula is C15H14Cl2O2. The van der Waals surface area contributed by atoms with Crippen LogP contribution in [0.1, 0.15) is 24.2 Å². The Labute approximate surface area is 122 Å². The fraction of sp³-hybridized carbons (Fsp3) is 0.200. The maximum Gasteiger partial charge on any atom is 0.125 e. The third-order valence-corrected chi connectivity index (χ3v) is 3.62. The highest BCUT2D eigenvalue weighted by molar-refractivity contribution is 6.42. The van der Waals surface area contributed by atoms with Crippen LogP contribution < -0.4 is 4.74 Å². The molecule has 0 heterocycles. The van der Waals surface area contributed by atoms with Crippen molar-refractivity contribution in [2.24, 2.45) is 0 Å². The molecule has 0 saturated carbocycles. The zero-order valence-electron chi connectivity index (χ0n) is 10.4. The highest BCUT2D eigenvalue weighted by Crippen LogP contribution is 2.36. The van der Waals surface area contributed by atoms with Gasteiger partial charge in [-0.05, 0) is 19.1 Å². The first-order valence-corrected chi connectivity index (χ1v) is 6.74. The summed E-state index contributed by atoms with van der Waals surface area (Å²) in [6.07, 6.45) is -0.867. The predicted octanol–water partition coefficient (Wildman–Crippen LogP) is 4.47. The number of para-hydroxylation sites is 1. The van der Waals surface area contributed by atoms with Gasteiger partial charge in [0.15, 0.2) is 0 Å². The first kappa shape index (κ1) is 14.2. The van der Waals surface area contributed by atoms with E-state index < -0.39 is 6.10 Å². The predicted molar refractivity (Wildman–Crippen MR) is 78.1 cm³/mol. The van der Waals surface area contributed by atoms with E-state index in [1.54, 1.807) is 18.2 Å². The second-order valence-corrected chi connectivity index (χ2v) is 4.80. The molecule has 0 amide bonds. The van der Waals surface area contributed by atoms with E-state index in [0.29, 0.717) is 33.5 Å². The van der Waals surface area contributed by atoms with Gasteiger partial charge in [-0.15, -0.1) is 0 Å². The maximum atomic E-state index is 10.5. The molecule has 0 fully saturated rings. The van der Waals surface area contributed by atoms with Crippen LogP contribution in [-0.4, -0.2) is 11.7 Å². The summed E-state index contributed by atoms with van der Waals surface area (Å²) in [7, 11) is 0. The average molecular weight is 297 g/mol. The Bertz CT molecular complexity index is 570. The number of aliphatic hydroxyl groups excluding tert-OH is 1. The summed E-state index contributed by atoms with van der Waals surface area (Å²) in [6, 6.07) is 12.5. The van der Waals surface area contributed by atoms with Gasteiger partial charge >= 0.3 is 0 Å². The highest BCUT2D eigenvalue weighted by Gasteiger charge is 2.18. The first-order chi connectivity index (χ1) is 9.15. The SMILES string of the molecule is CCOc1ccccc1C(O)c1cccc(Cl)c1Cl. The Balaban J connectivity index is 2.44. The number of hydrogen-bond acceptors (Lipinski definition) is 2. The van der Waals surface area contributed by atoms with Crippen LogP contribution in [0.3, 0.4) is 0 Å². The average Bonchev–Trinajstić information content (AvgIpc) is 2.42. The van der Waals surface area contributed by atoms with Crippen molar-refractivity contribution in [3.05, 3.63) is 63.6 Å². The molecule has 19 heavy (non-hydrogen) atoms. The van der Waals surface area contributed by atoms with E-state index in [1.165, 1.54) is 0 Å². The molecule has 0 radical (unpaired) electrons. The summed E-state index contributed by atoms with van der Waals surface area (Å²) in [5, 5.41) is 11.3. The van der Waals surface area contributed by atoms with Gasteiger partial charge in [-0.3, -0.25) is 0 Å². The van der Waals surface area contributed by atoms with Gasteiger partial charge in [-0.2, -0.15) is 0 Å². The maximum absolute atomic E-state index is 10.5. The minimum absolute atomic E-state index is 0.364. The van der Waals surface area contributed by atoms with Crippen molar-refractivity contribution in [3.8, 4) is 5.75 Å². The molecule has 1 unspecified atom stereocenters. The Morgan fingerprint density at radius 1 is 1.05 bits per heavy atom. The van der Waals surface area contributed by atoms with E-state index in [0.717, 1.165) is 0 Å². The normalized spacial score (nSPS) is 12.2. The molecule has 0 aliphatic heterocycles. The van der Waals surface area contributed by atoms with Gasteiger partial charge < -0.3 is 9.84 Å². The lowest BCUT2D eigenvalue weighted by Crippen LogP contribution is -2.04. The topological polar surface area (TPSA) is 29.5 Å². The number of ether oxygens (including phenoxy) is 1. The van der Waals surface area contributed by atoms with Crippen molar-refractivity contribution in [3.63, 3.8) is 0 Å². The second-order valence-electron chi connectivity index (χ2n) is 4.02. The highest BCUT2D eigenvalue weighted by atomic mass is 35.5. The van der Waals surface area contributed by atoms with Gasteiger partial charge in [0.05, 0.1) is 16.7 Å². The summed E-state index contributed by atoms with van der Waals surface area (Å²) in [4.78, 5) is 0. The molecule has 2 nitrogen and oxygen atoms in total. The van der Waals surface area contributed by atoms with Crippen LogP contribution in [-0.2, 0) is 0 Å². The summed E-state index contributed by atoms with van der Waals surface area (Å²) in [5.41, 5.74) is 1.25. The lowest BCUT2D eigenvalue weighted by Gasteiger charge is -2.17. The van der Waals surface area contributed by atoms with Crippen LogP contribution in [0, 0.1) is 0 Å². The van der Waals surface area contributed by atoms with Crippen molar-refractivity contribution in [2.75, 3.05) is 6.61 Å². The minimum Gasteiger partial charge on any atom is -0.493 e. The van der Waals surface area contributed by atoms with E-state index in [1.807, 2.05) is 31.2 Å². The molecule has 0 aliphatic rings. The minimum atomic E-state index is -0.867. The quantitative estimate of drug-likeness (QED) is 0.902. The van der Waals surface area contributed by atoms with E-state index >= 15 is 0 Å². The number of benzene rings is 2. The molecule has 0 aliphatic carbocycles. The Hall–Kier alpha value is -1.22. The molecule has 2 rings (SSSR count). The fourth-order valence-electron chi connectivity index (χ4n) is 1.89. The smallest absolute Gasteiger partial charge is 0.125 e. The van der Waals surface area contributed by atoms with Crippen LogP contribution in [0.25, 0.3) is 0 Å². The molecular weight excluding hydrogens is 283 g/mol. The third-order valence-electron chi connectivity index (χ3n) is 2.79. The number of rotatable bonds is 4. The summed E-state index contributed by atoms with van der Waals surface area (Å²) in [6.45, 7) is 2.43. The van der Waals surface area contributed by atoms with E-state index in [4.69, 9.17) is 27.9 Å². The standard InChI is InChI=1S/C15H14Cl2O2/c1-2-19-13-9-4-3-6-10(13)15(18)11-7-5-8-12(16)14(11)17/h3-9,15,18H,2H2,1H3. The van der Waals surface area contributed by atoms with Gasteiger partial charge in [0, 0.05) is 11.1 Å². The van der Waals surface area contributed by atoms with Crippen molar-refractivity contribution in [1.29, 1.82) is 0 Å². The van der Waals surface area contributed by atoms with Gasteiger partial charge in [0.2, 0.25) is 0 Å². The fourth-order valence-corrected chi connectivity index (χ4v) is 2.30. The van der Waals surface area contributed by atoms with Gasteiger partial charge in [0.25, 0.3) is 0 Å². The number of hydrogen-bond donors (Lipinski definition) is 1. The van der Waals surface area contributed by atoms with E-state index in [-0.39, 0.29) is 0 Å². The zero-order valence-corrected chi connectivity index (χ0v) is 11.9. The van der Waals surface area contributed by atoms with E-state index in [2.05, 4.69) is 0 Å². The van der Waals surface area contributed by atoms with Crippen molar-refractivity contribution < 1.29 is 9.84 Å². The van der Waals surface area contributed by atoms with Gasteiger partial charge in [-0.25, -0.2) is 0 Å². The third kappa shape index (κ3) is 3.03. The Morgan fingerprint density at radius 3 is 2.47 bits per heavy atom. The van der Waals surface area contributed by atoms with Crippen molar-refractivity contribution in [2.45, 2.75) is 13.0 Å². The molecule has 0 spiro atoms. The van der Waals surface area contributed by atoms with Gasteiger partial charge in [0.1, 0.15) is 11.9 Å². The molecule has 0 aromatic heterocycles. The molecule has 2 aromatic carbocycles. The summed E-state index contributed by atoms with van der Waals surface area (Å²) in [5.74, 6) is 0.647. The largest absolute Gasteiger partial charge is 0.493 e. The monoisotopic (exact) mass is 296 g/mol. The second kappa shape index (κ2) is 6.29. The molecule has 0 bridgehead atoms. The van der Waals surface area contributed by atoms with Crippen molar-refractivity contribution >= 4 is 23.2 Å². The first-order valence-electron chi connectivity index (χ1n) is 5.98.